The van der Waals surface area contributed by atoms with Crippen LogP contribution in [0.1, 0.15) is 48.5 Å². The number of hydrogen-bond acceptors (Lipinski definition) is 9. The summed E-state index contributed by atoms with van der Waals surface area (Å²) in [6.07, 6.45) is -1.49. The molecule has 2 atom stereocenters. The topological polar surface area (TPSA) is 165 Å². The lowest BCUT2D eigenvalue weighted by Gasteiger charge is -2.34. The van der Waals surface area contributed by atoms with E-state index in [4.69, 9.17) is 9.47 Å². The van der Waals surface area contributed by atoms with Crippen molar-refractivity contribution in [2.75, 3.05) is 19.8 Å². The minimum absolute atomic E-state index is 0.284. The molecule has 0 radical (unpaired) electrons. The normalized spacial score (nSPS) is 14.3. The predicted octanol–water partition coefficient (Wildman–Crippen LogP) is 2.97. The van der Waals surface area contributed by atoms with Gasteiger partial charge >= 0.3 is 18.2 Å². The zero-order valence-corrected chi connectivity index (χ0v) is 24.1. The summed E-state index contributed by atoms with van der Waals surface area (Å²) in [5.74, 6) is -2.65. The average molecular weight is 565 g/mol. The molecule has 12 nitrogen and oxygen atoms in total. The number of ether oxygens (including phenoxy) is 2. The number of carbonyl (C=O) groups is 3. The SMILES string of the molecule is CC(CN(C(=O)OC(C)(C)C)S(=O)(=O)c1ccccc1S(C)(=O)=O)[C@@H](C(=O)O)N(C)C(=O)OC(C)(C)C. The Morgan fingerprint density at radius 2 is 1.32 bits per heavy atom. The Morgan fingerprint density at radius 3 is 1.73 bits per heavy atom. The number of nitrogens with zero attached hydrogens (tertiary/aromatic N) is 2. The highest BCUT2D eigenvalue weighted by molar-refractivity contribution is 7.93. The Morgan fingerprint density at radius 1 is 0.892 bits per heavy atom. The summed E-state index contributed by atoms with van der Waals surface area (Å²) in [4.78, 5) is 37.3. The molecule has 14 heteroatoms. The molecule has 1 aromatic rings. The van der Waals surface area contributed by atoms with Crippen LogP contribution in [-0.4, -0.2) is 86.4 Å². The minimum atomic E-state index is -4.86. The molecule has 0 aliphatic rings. The zero-order valence-electron chi connectivity index (χ0n) is 22.5. The van der Waals surface area contributed by atoms with E-state index in [9.17, 15) is 36.3 Å². The largest absolute Gasteiger partial charge is 0.480 e. The van der Waals surface area contributed by atoms with Gasteiger partial charge in [0.1, 0.15) is 22.1 Å². The molecule has 1 rings (SSSR count). The predicted molar refractivity (Wildman–Crippen MR) is 134 cm³/mol. The number of carboxylic acid groups (broad SMARTS) is 1. The minimum Gasteiger partial charge on any atom is -0.480 e. The second kappa shape index (κ2) is 11.3. The highest BCUT2D eigenvalue weighted by atomic mass is 32.2. The van der Waals surface area contributed by atoms with E-state index in [0.29, 0.717) is 0 Å². The molecular formula is C23H36N2O10S2. The number of sulfone groups is 1. The highest BCUT2D eigenvalue weighted by Gasteiger charge is 2.41. The van der Waals surface area contributed by atoms with Gasteiger partial charge in [-0.25, -0.2) is 31.2 Å². The van der Waals surface area contributed by atoms with Crippen LogP contribution in [0.4, 0.5) is 9.59 Å². The van der Waals surface area contributed by atoms with Crippen molar-refractivity contribution in [3.63, 3.8) is 0 Å². The Kier molecular flexibility index (Phi) is 9.78. The molecule has 0 heterocycles. The van der Waals surface area contributed by atoms with Gasteiger partial charge in [0.15, 0.2) is 9.84 Å². The van der Waals surface area contributed by atoms with Gasteiger partial charge in [-0.15, -0.1) is 0 Å². The van der Waals surface area contributed by atoms with Crippen molar-refractivity contribution in [2.45, 2.75) is 75.5 Å². The van der Waals surface area contributed by atoms with E-state index in [0.717, 1.165) is 23.3 Å². The molecule has 0 aliphatic carbocycles. The standard InChI is InChI=1S/C23H36N2O10S2/c1-15(18(19(26)27)24(8)20(28)34-22(2,3)4)14-25(21(29)35-23(5,6)7)37(32,33)17-13-11-10-12-16(17)36(9,30)31/h10-13,15,18H,14H2,1-9H3,(H,26,27)/t15?,18-/m0/s1. The molecule has 0 bridgehead atoms. The fourth-order valence-electron chi connectivity index (χ4n) is 3.27. The zero-order chi connectivity index (χ0) is 29.1. The van der Waals surface area contributed by atoms with Crippen molar-refractivity contribution in [1.29, 1.82) is 0 Å². The number of likely N-dealkylation sites (N-methyl/N-ethyl adjacent to an activating group) is 1. The van der Waals surface area contributed by atoms with Gasteiger partial charge in [-0.3, -0.25) is 4.90 Å². The molecule has 0 spiro atoms. The van der Waals surface area contributed by atoms with Gasteiger partial charge in [0.05, 0.1) is 4.90 Å². The third-order valence-electron chi connectivity index (χ3n) is 4.76. The van der Waals surface area contributed by atoms with Crippen molar-refractivity contribution in [1.82, 2.24) is 9.21 Å². The molecule has 1 N–H and O–H groups in total. The molecule has 2 amide bonds. The van der Waals surface area contributed by atoms with E-state index in [1.54, 1.807) is 20.8 Å². The fourth-order valence-corrected chi connectivity index (χ4v) is 6.28. The molecule has 37 heavy (non-hydrogen) atoms. The first-order valence-corrected chi connectivity index (χ1v) is 14.6. The number of amides is 2. The molecule has 0 fully saturated rings. The third kappa shape index (κ3) is 8.88. The summed E-state index contributed by atoms with van der Waals surface area (Å²) in [7, 11) is -7.72. The van der Waals surface area contributed by atoms with Crippen molar-refractivity contribution in [2.24, 2.45) is 5.92 Å². The quantitative estimate of drug-likeness (QED) is 0.496. The lowest BCUT2D eigenvalue weighted by atomic mass is 10.0. The summed E-state index contributed by atoms with van der Waals surface area (Å²) in [5, 5.41) is 9.86. The molecule has 1 aromatic carbocycles. The van der Waals surface area contributed by atoms with Crippen LogP contribution in [-0.2, 0) is 34.1 Å². The van der Waals surface area contributed by atoms with Crippen LogP contribution in [0.2, 0.25) is 0 Å². The lowest BCUT2D eigenvalue weighted by molar-refractivity contribution is -0.144. The van der Waals surface area contributed by atoms with E-state index >= 15 is 0 Å². The van der Waals surface area contributed by atoms with Crippen LogP contribution in [0.25, 0.3) is 0 Å². The monoisotopic (exact) mass is 564 g/mol. The molecule has 210 valence electrons. The van der Waals surface area contributed by atoms with E-state index in [2.05, 4.69) is 0 Å². The maximum absolute atomic E-state index is 13.7. The smallest absolute Gasteiger partial charge is 0.424 e. The van der Waals surface area contributed by atoms with Gasteiger partial charge in [0, 0.05) is 25.8 Å². The van der Waals surface area contributed by atoms with Crippen molar-refractivity contribution in [3.05, 3.63) is 24.3 Å². The number of aliphatic carboxylic acids is 1. The van der Waals surface area contributed by atoms with Gasteiger partial charge in [-0.05, 0) is 53.7 Å². The maximum atomic E-state index is 13.7. The summed E-state index contributed by atoms with van der Waals surface area (Å²) in [6.45, 7) is 9.85. The summed E-state index contributed by atoms with van der Waals surface area (Å²) in [6, 6.07) is 3.10. The van der Waals surface area contributed by atoms with Crippen LogP contribution in [0.15, 0.2) is 34.1 Å². The molecule has 0 aliphatic heterocycles. The Labute approximate surface area is 218 Å². The van der Waals surface area contributed by atoms with Crippen molar-refractivity contribution < 1.29 is 45.8 Å². The first-order valence-electron chi connectivity index (χ1n) is 11.2. The molecule has 0 aromatic heterocycles. The van der Waals surface area contributed by atoms with Gasteiger partial charge in [0.25, 0.3) is 10.0 Å². The maximum Gasteiger partial charge on any atom is 0.424 e. The van der Waals surface area contributed by atoms with E-state index < -0.39 is 77.5 Å². The highest BCUT2D eigenvalue weighted by Crippen LogP contribution is 2.28. The average Bonchev–Trinajstić information content (AvgIpc) is 2.68. The van der Waals surface area contributed by atoms with Crippen LogP contribution >= 0.6 is 0 Å². The van der Waals surface area contributed by atoms with E-state index in [-0.39, 0.29) is 4.31 Å². The first-order chi connectivity index (χ1) is 16.5. The number of benzene rings is 1. The molecule has 0 saturated heterocycles. The fraction of sp³-hybridized carbons (Fsp3) is 0.609. The Balaban J connectivity index is 3.61. The second-order valence-corrected chi connectivity index (χ2v) is 14.4. The van der Waals surface area contributed by atoms with Crippen LogP contribution < -0.4 is 0 Å². The second-order valence-electron chi connectivity index (χ2n) is 10.6. The lowest BCUT2D eigenvalue weighted by Crippen LogP contribution is -2.52. The summed E-state index contributed by atoms with van der Waals surface area (Å²) in [5.41, 5.74) is -2.07. The summed E-state index contributed by atoms with van der Waals surface area (Å²) < 4.78 is 62.6. The number of carbonyl (C=O) groups excluding carboxylic acids is 2. The van der Waals surface area contributed by atoms with Crippen LogP contribution in [0.5, 0.6) is 0 Å². The molecule has 1 unspecified atom stereocenters. The number of rotatable bonds is 8. The van der Waals surface area contributed by atoms with Crippen molar-refractivity contribution >= 4 is 38.0 Å². The molecule has 0 saturated carbocycles. The van der Waals surface area contributed by atoms with Gasteiger partial charge in [-0.1, -0.05) is 19.1 Å². The van der Waals surface area contributed by atoms with Gasteiger partial charge in [-0.2, -0.15) is 4.31 Å². The number of carboxylic acids is 1. The Hall–Kier alpha value is -2.87. The van der Waals surface area contributed by atoms with Crippen LogP contribution in [0.3, 0.4) is 0 Å². The first kappa shape index (κ1) is 32.2. The van der Waals surface area contributed by atoms with Crippen molar-refractivity contribution in [3.8, 4) is 0 Å². The summed E-state index contributed by atoms with van der Waals surface area (Å²) >= 11 is 0. The van der Waals surface area contributed by atoms with Gasteiger partial charge < -0.3 is 14.6 Å². The third-order valence-corrected chi connectivity index (χ3v) is 7.83. The van der Waals surface area contributed by atoms with E-state index in [1.165, 1.54) is 46.9 Å². The van der Waals surface area contributed by atoms with Crippen LogP contribution in [0, 0.1) is 5.92 Å². The Bertz CT molecular complexity index is 1230. The number of sulfonamides is 1. The number of hydrogen-bond donors (Lipinski definition) is 1. The molecular weight excluding hydrogens is 528 g/mol. The van der Waals surface area contributed by atoms with E-state index in [1.807, 2.05) is 0 Å². The van der Waals surface area contributed by atoms with Gasteiger partial charge in [0.2, 0.25) is 0 Å².